The van der Waals surface area contributed by atoms with E-state index in [-0.39, 0.29) is 6.04 Å². The minimum Gasteiger partial charge on any atom is -0.378 e. The van der Waals surface area contributed by atoms with Crippen molar-refractivity contribution in [2.24, 2.45) is 5.84 Å². The van der Waals surface area contributed by atoms with Crippen molar-refractivity contribution in [2.45, 2.75) is 37.8 Å². The monoisotopic (exact) mass is 211 g/mol. The van der Waals surface area contributed by atoms with Gasteiger partial charge in [0.1, 0.15) is 5.69 Å². The van der Waals surface area contributed by atoms with E-state index in [0.717, 1.165) is 31.6 Å². The van der Waals surface area contributed by atoms with Crippen LogP contribution < -0.4 is 11.3 Å². The van der Waals surface area contributed by atoms with E-state index in [1.165, 1.54) is 6.42 Å². The molecule has 84 valence electrons. The van der Waals surface area contributed by atoms with Gasteiger partial charge in [-0.1, -0.05) is 0 Å². The van der Waals surface area contributed by atoms with Crippen molar-refractivity contribution in [3.63, 3.8) is 0 Å². The predicted molar refractivity (Wildman–Crippen MR) is 54.7 cm³/mol. The van der Waals surface area contributed by atoms with E-state index in [0.29, 0.717) is 6.10 Å². The fourth-order valence-corrected chi connectivity index (χ4v) is 1.92. The van der Waals surface area contributed by atoms with Crippen molar-refractivity contribution < 1.29 is 4.74 Å². The van der Waals surface area contributed by atoms with Crippen molar-refractivity contribution in [1.29, 1.82) is 0 Å². The highest BCUT2D eigenvalue weighted by atomic mass is 16.5. The number of nitrogens with zero attached hydrogens (tertiary/aromatic N) is 2. The first-order valence-corrected chi connectivity index (χ1v) is 5.33. The quantitative estimate of drug-likeness (QED) is 0.480. The summed E-state index contributed by atoms with van der Waals surface area (Å²) < 4.78 is 5.55. The smallest absolute Gasteiger partial charge is 0.101 e. The van der Waals surface area contributed by atoms with Crippen LogP contribution >= 0.6 is 0 Å². The van der Waals surface area contributed by atoms with Crippen molar-refractivity contribution >= 4 is 0 Å². The van der Waals surface area contributed by atoms with Gasteiger partial charge in [-0.25, -0.2) is 0 Å². The molecule has 2 unspecified atom stereocenters. The fraction of sp³-hybridized carbons (Fsp3) is 0.778. The van der Waals surface area contributed by atoms with E-state index in [4.69, 9.17) is 10.6 Å². The number of ether oxygens (including phenoxy) is 1. The summed E-state index contributed by atoms with van der Waals surface area (Å²) in [5.74, 6) is 5.48. The Balaban J connectivity index is 1.80. The zero-order valence-electron chi connectivity index (χ0n) is 8.65. The van der Waals surface area contributed by atoms with Crippen molar-refractivity contribution in [3.05, 3.63) is 11.9 Å². The molecule has 1 saturated heterocycles. The van der Waals surface area contributed by atoms with Crippen molar-refractivity contribution in [2.75, 3.05) is 6.61 Å². The van der Waals surface area contributed by atoms with Gasteiger partial charge >= 0.3 is 0 Å². The van der Waals surface area contributed by atoms with E-state index >= 15 is 0 Å². The summed E-state index contributed by atoms with van der Waals surface area (Å²) in [7, 11) is 0. The van der Waals surface area contributed by atoms with E-state index in [9.17, 15) is 0 Å². The third kappa shape index (κ3) is 2.74. The van der Waals surface area contributed by atoms with E-state index in [1.807, 2.05) is 0 Å². The highest BCUT2D eigenvalue weighted by Gasteiger charge is 2.19. The Bertz CT molecular complexity index is 270. The number of nitrogens with two attached hydrogens (primary N) is 1. The Kier molecular flexibility index (Phi) is 3.65. The number of hydrogen-bond donors (Lipinski definition) is 3. The van der Waals surface area contributed by atoms with Gasteiger partial charge < -0.3 is 4.74 Å². The van der Waals surface area contributed by atoms with Crippen LogP contribution in [0.2, 0.25) is 0 Å². The molecule has 1 fully saturated rings. The van der Waals surface area contributed by atoms with Gasteiger partial charge in [0.15, 0.2) is 0 Å². The number of hydrazine groups is 1. The minimum atomic E-state index is 0.0629. The molecule has 4 N–H and O–H groups in total. The maximum atomic E-state index is 5.55. The second-order valence-electron chi connectivity index (χ2n) is 3.83. The molecule has 1 aromatic rings. The van der Waals surface area contributed by atoms with Gasteiger partial charge in [0, 0.05) is 6.61 Å². The molecule has 0 saturated carbocycles. The molecule has 0 aliphatic carbocycles. The summed E-state index contributed by atoms with van der Waals surface area (Å²) in [6.45, 7) is 0.898. The molecule has 2 rings (SSSR count). The largest absolute Gasteiger partial charge is 0.378 e. The highest BCUT2D eigenvalue weighted by Crippen LogP contribution is 2.21. The summed E-state index contributed by atoms with van der Waals surface area (Å²) in [5, 5.41) is 10.4. The minimum absolute atomic E-state index is 0.0629. The standard InChI is InChI=1S/C9H17N5O/c10-12-8(9-6-11-14-13-9)4-3-7-2-1-5-15-7/h6-8,12H,1-5,10H2,(H,11,13,14). The molecule has 0 spiro atoms. The summed E-state index contributed by atoms with van der Waals surface area (Å²) in [6, 6.07) is 0.0629. The first-order chi connectivity index (χ1) is 7.40. The highest BCUT2D eigenvalue weighted by molar-refractivity contribution is 4.98. The molecule has 1 aromatic heterocycles. The molecule has 6 nitrogen and oxygen atoms in total. The van der Waals surface area contributed by atoms with Gasteiger partial charge in [0.2, 0.25) is 0 Å². The Morgan fingerprint density at radius 1 is 1.73 bits per heavy atom. The summed E-state index contributed by atoms with van der Waals surface area (Å²) in [5.41, 5.74) is 3.61. The normalized spacial score (nSPS) is 23.1. The number of aromatic amines is 1. The second-order valence-corrected chi connectivity index (χ2v) is 3.83. The van der Waals surface area contributed by atoms with Crippen LogP contribution in [-0.2, 0) is 4.74 Å². The van der Waals surface area contributed by atoms with Crippen molar-refractivity contribution in [3.8, 4) is 0 Å². The van der Waals surface area contributed by atoms with Crippen LogP contribution in [0.3, 0.4) is 0 Å². The number of aromatic nitrogens is 3. The molecule has 1 aliphatic rings. The van der Waals surface area contributed by atoms with E-state index in [2.05, 4.69) is 20.8 Å². The van der Waals surface area contributed by atoms with Crippen LogP contribution in [0.25, 0.3) is 0 Å². The fourth-order valence-electron chi connectivity index (χ4n) is 1.92. The molecule has 1 aliphatic heterocycles. The number of rotatable bonds is 5. The summed E-state index contributed by atoms with van der Waals surface area (Å²) >= 11 is 0. The van der Waals surface area contributed by atoms with Gasteiger partial charge in [-0.15, -0.1) is 0 Å². The Morgan fingerprint density at radius 3 is 3.27 bits per heavy atom. The topological polar surface area (TPSA) is 88.9 Å². The molecule has 15 heavy (non-hydrogen) atoms. The van der Waals surface area contributed by atoms with E-state index < -0.39 is 0 Å². The number of hydrogen-bond acceptors (Lipinski definition) is 5. The van der Waals surface area contributed by atoms with Gasteiger partial charge in [-0.3, -0.25) is 11.3 Å². The van der Waals surface area contributed by atoms with Gasteiger partial charge in [-0.05, 0) is 25.7 Å². The molecule has 6 heteroatoms. The lowest BCUT2D eigenvalue weighted by Crippen LogP contribution is -2.29. The average Bonchev–Trinajstić information content (AvgIpc) is 2.90. The first kappa shape index (κ1) is 10.5. The molecular formula is C9H17N5O. The van der Waals surface area contributed by atoms with E-state index in [1.54, 1.807) is 6.20 Å². The molecule has 0 amide bonds. The van der Waals surface area contributed by atoms with Gasteiger partial charge in [0.25, 0.3) is 0 Å². The second kappa shape index (κ2) is 5.20. The van der Waals surface area contributed by atoms with Crippen LogP contribution in [0.1, 0.15) is 37.4 Å². The molecule has 0 radical (unpaired) electrons. The maximum Gasteiger partial charge on any atom is 0.101 e. The molecule has 2 atom stereocenters. The van der Waals surface area contributed by atoms with Crippen LogP contribution in [0.4, 0.5) is 0 Å². The Morgan fingerprint density at radius 2 is 2.67 bits per heavy atom. The first-order valence-electron chi connectivity index (χ1n) is 5.33. The molecule has 2 heterocycles. The van der Waals surface area contributed by atoms with Crippen LogP contribution in [0.15, 0.2) is 6.20 Å². The SMILES string of the molecule is NNC(CCC1CCCO1)c1cn[nH]n1. The molecule has 0 bridgehead atoms. The Labute approximate surface area is 88.5 Å². The number of nitrogens with one attached hydrogen (secondary N) is 2. The van der Waals surface area contributed by atoms with Crippen LogP contribution in [0.5, 0.6) is 0 Å². The zero-order valence-corrected chi connectivity index (χ0v) is 8.65. The van der Waals surface area contributed by atoms with Gasteiger partial charge in [0.05, 0.1) is 18.3 Å². The van der Waals surface area contributed by atoms with Crippen LogP contribution in [0, 0.1) is 0 Å². The summed E-state index contributed by atoms with van der Waals surface area (Å²) in [4.78, 5) is 0. The zero-order chi connectivity index (χ0) is 10.5. The lowest BCUT2D eigenvalue weighted by Gasteiger charge is -2.15. The Hall–Kier alpha value is -0.980. The van der Waals surface area contributed by atoms with Crippen molar-refractivity contribution in [1.82, 2.24) is 20.8 Å². The molecule has 0 aromatic carbocycles. The lowest BCUT2D eigenvalue weighted by atomic mass is 10.0. The average molecular weight is 211 g/mol. The third-order valence-corrected chi connectivity index (χ3v) is 2.79. The maximum absolute atomic E-state index is 5.55. The van der Waals surface area contributed by atoms with Gasteiger partial charge in [-0.2, -0.15) is 15.4 Å². The number of H-pyrrole nitrogens is 1. The lowest BCUT2D eigenvalue weighted by molar-refractivity contribution is 0.0994. The third-order valence-electron chi connectivity index (χ3n) is 2.79. The predicted octanol–water partition coefficient (Wildman–Crippen LogP) is 0.268. The summed E-state index contributed by atoms with van der Waals surface area (Å²) in [6.07, 6.45) is 6.37. The van der Waals surface area contributed by atoms with Crippen LogP contribution in [-0.4, -0.2) is 28.1 Å². The molecular weight excluding hydrogens is 194 g/mol.